The van der Waals surface area contributed by atoms with Gasteiger partial charge in [0.1, 0.15) is 20.2 Å². The third kappa shape index (κ3) is 12.1. The molecule has 0 atom stereocenters. The average Bonchev–Trinajstić information content (AvgIpc) is 1.37. The van der Waals surface area contributed by atoms with Crippen molar-refractivity contribution in [1.29, 1.82) is 0 Å². The van der Waals surface area contributed by atoms with Crippen LogP contribution >= 0.6 is 0 Å². The van der Waals surface area contributed by atoms with E-state index >= 15 is 0 Å². The van der Waals surface area contributed by atoms with Gasteiger partial charge < -0.3 is 4.12 Å². The molecule has 0 aromatic rings. The van der Waals surface area contributed by atoms with E-state index in [-0.39, 0.29) is 20.7 Å². The minimum atomic E-state index is -0.0139. The van der Waals surface area contributed by atoms with Gasteiger partial charge >= 0.3 is 0 Å². The Morgan fingerprint density at radius 2 is 2.00 bits per heavy atom. The molecule has 0 heterocycles. The molecule has 4 heteroatoms. The number of hydrogen-bond acceptors (Lipinski definition) is 1. The topological polar surface area (TPSA) is 9.23 Å². The molecule has 0 saturated carbocycles. The maximum atomic E-state index is 4.82. The van der Waals surface area contributed by atoms with Gasteiger partial charge in [-0.25, -0.2) is 0 Å². The van der Waals surface area contributed by atoms with Crippen molar-refractivity contribution in [3.8, 4) is 0 Å². The number of hydrogen-bond donors (Lipinski definition) is 0. The highest BCUT2D eigenvalue weighted by molar-refractivity contribution is 6.32. The standard InChI is InChI=1S/CH8OSi2.HSi/c1-4-2-3;/h4H2,1,3H3;1H. The van der Waals surface area contributed by atoms with Crippen LogP contribution in [0.15, 0.2) is 0 Å². The van der Waals surface area contributed by atoms with Gasteiger partial charge in [-0.3, -0.25) is 0 Å². The molecule has 0 N–H and O–H groups in total. The van der Waals surface area contributed by atoms with Crippen molar-refractivity contribution >= 4 is 31.2 Å². The molecule has 0 aliphatic carbocycles. The van der Waals surface area contributed by atoms with Gasteiger partial charge in [-0.05, 0) is 11.0 Å². The van der Waals surface area contributed by atoms with Gasteiger partial charge in [0.05, 0.1) is 0 Å². The highest BCUT2D eigenvalue weighted by Crippen LogP contribution is 1.45. The van der Waals surface area contributed by atoms with Gasteiger partial charge in [0.15, 0.2) is 0 Å². The quantitative estimate of drug-likeness (QED) is 0.357. The van der Waals surface area contributed by atoms with Gasteiger partial charge in [-0.1, -0.05) is 6.55 Å². The van der Waals surface area contributed by atoms with Gasteiger partial charge in [-0.15, -0.1) is 0 Å². The first kappa shape index (κ1) is 9.15. The predicted molar refractivity (Wildman–Crippen MR) is 32.6 cm³/mol. The fourth-order valence-electron chi connectivity index (χ4n) is 0. The van der Waals surface area contributed by atoms with Crippen LogP contribution in [-0.4, -0.2) is 31.2 Å². The van der Waals surface area contributed by atoms with Gasteiger partial charge in [0.25, 0.3) is 0 Å². The lowest BCUT2D eigenvalue weighted by Crippen LogP contribution is -1.82. The van der Waals surface area contributed by atoms with E-state index in [9.17, 15) is 0 Å². The minimum Gasteiger partial charge on any atom is -0.468 e. The van der Waals surface area contributed by atoms with Crippen LogP contribution < -0.4 is 0 Å². The Hall–Kier alpha value is 0.611. The number of rotatable bonds is 1. The van der Waals surface area contributed by atoms with Crippen molar-refractivity contribution in [2.75, 3.05) is 0 Å². The highest BCUT2D eigenvalue weighted by Gasteiger charge is 1.54. The molecular weight excluding hydrogens is 112 g/mol. The van der Waals surface area contributed by atoms with Gasteiger partial charge in [0.2, 0.25) is 0 Å². The van der Waals surface area contributed by atoms with Crippen molar-refractivity contribution in [2.45, 2.75) is 6.55 Å². The third-order valence-electron chi connectivity index (χ3n) is 0.289. The summed E-state index contributed by atoms with van der Waals surface area (Å²) in [5.74, 6) is 0. The van der Waals surface area contributed by atoms with E-state index in [0.29, 0.717) is 0 Å². The molecule has 0 rings (SSSR count). The van der Waals surface area contributed by atoms with Gasteiger partial charge in [-0.2, -0.15) is 0 Å². The smallest absolute Gasteiger partial charge is 0.142 e. The second-order valence-electron chi connectivity index (χ2n) is 0.577. The first-order valence-electron chi connectivity index (χ1n) is 1.40. The second kappa shape index (κ2) is 8.82. The zero-order valence-electron chi connectivity index (χ0n) is 3.69. The fraction of sp³-hybridized carbons (Fsp3) is 1.00. The van der Waals surface area contributed by atoms with E-state index in [1.807, 2.05) is 0 Å². The summed E-state index contributed by atoms with van der Waals surface area (Å²) in [6, 6.07) is 0. The third-order valence-corrected chi connectivity index (χ3v) is 2.60. The lowest BCUT2D eigenvalue weighted by molar-refractivity contribution is 0.671. The molecule has 0 aliphatic rings. The lowest BCUT2D eigenvalue weighted by atomic mass is 11.9. The zero-order valence-corrected chi connectivity index (χ0v) is 8.26. The Bertz CT molecular complexity index is 8.85. The van der Waals surface area contributed by atoms with Crippen LogP contribution in [0.25, 0.3) is 0 Å². The van der Waals surface area contributed by atoms with E-state index in [4.69, 9.17) is 4.12 Å². The van der Waals surface area contributed by atoms with Crippen molar-refractivity contribution in [1.82, 2.24) is 0 Å². The molecular formula is CH9OSi3. The van der Waals surface area contributed by atoms with Crippen molar-refractivity contribution in [2.24, 2.45) is 0 Å². The van der Waals surface area contributed by atoms with Crippen LogP contribution in [0.3, 0.4) is 0 Å². The molecule has 0 spiro atoms. The van der Waals surface area contributed by atoms with Crippen molar-refractivity contribution < 1.29 is 4.12 Å². The maximum absolute atomic E-state index is 4.82. The highest BCUT2D eigenvalue weighted by atomic mass is 28.3. The molecule has 0 aromatic carbocycles. The molecule has 0 bridgehead atoms. The SMILES string of the molecule is C[SiH2]O[SiH3].[SiH]. The minimum absolute atomic E-state index is 0. The van der Waals surface area contributed by atoms with E-state index in [1.165, 1.54) is 0 Å². The molecule has 1 nitrogen and oxygen atoms in total. The van der Waals surface area contributed by atoms with E-state index in [2.05, 4.69) is 6.55 Å². The van der Waals surface area contributed by atoms with Crippen LogP contribution in [0.1, 0.15) is 0 Å². The summed E-state index contributed by atoms with van der Waals surface area (Å²) in [5, 5.41) is 0. The van der Waals surface area contributed by atoms with Crippen LogP contribution in [0.5, 0.6) is 0 Å². The summed E-state index contributed by atoms with van der Waals surface area (Å²) in [5.41, 5.74) is 0. The monoisotopic (exact) mass is 121 g/mol. The van der Waals surface area contributed by atoms with Crippen LogP contribution in [0.2, 0.25) is 6.55 Å². The Morgan fingerprint density at radius 1 is 1.80 bits per heavy atom. The van der Waals surface area contributed by atoms with E-state index < -0.39 is 0 Å². The Labute approximate surface area is 42.6 Å². The normalized spacial score (nSPS) is 9.00. The summed E-state index contributed by atoms with van der Waals surface area (Å²) >= 11 is 0. The Balaban J connectivity index is 0. The maximum Gasteiger partial charge on any atom is 0.142 e. The average molecular weight is 121 g/mol. The molecule has 0 saturated heterocycles. The Kier molecular flexibility index (Phi) is 16.1. The first-order valence-corrected chi connectivity index (χ1v) is 4.21. The molecule has 0 amide bonds. The summed E-state index contributed by atoms with van der Waals surface area (Å²) in [4.78, 5) is 0. The van der Waals surface area contributed by atoms with Crippen LogP contribution in [-0.2, 0) is 4.12 Å². The summed E-state index contributed by atoms with van der Waals surface area (Å²) in [6.07, 6.45) is 0. The first-order chi connectivity index (χ1) is 1.91. The van der Waals surface area contributed by atoms with Crippen molar-refractivity contribution in [3.05, 3.63) is 0 Å². The molecule has 31 valence electrons. The Morgan fingerprint density at radius 3 is 2.00 bits per heavy atom. The largest absolute Gasteiger partial charge is 0.468 e. The molecule has 0 fully saturated rings. The van der Waals surface area contributed by atoms with E-state index in [1.54, 1.807) is 0 Å². The zero-order chi connectivity index (χ0) is 3.41. The second-order valence-corrected chi connectivity index (χ2v) is 3.46. The van der Waals surface area contributed by atoms with Crippen LogP contribution in [0.4, 0.5) is 0 Å². The summed E-state index contributed by atoms with van der Waals surface area (Å²) < 4.78 is 4.82. The van der Waals surface area contributed by atoms with Crippen molar-refractivity contribution in [3.63, 3.8) is 0 Å². The molecule has 3 radical (unpaired) electrons. The summed E-state index contributed by atoms with van der Waals surface area (Å²) in [6.45, 7) is 2.13. The van der Waals surface area contributed by atoms with E-state index in [0.717, 1.165) is 10.5 Å². The van der Waals surface area contributed by atoms with Crippen LogP contribution in [0, 0.1) is 0 Å². The summed E-state index contributed by atoms with van der Waals surface area (Å²) in [7, 11) is 0.938. The molecule has 0 aliphatic heterocycles. The molecule has 0 unspecified atom stereocenters. The van der Waals surface area contributed by atoms with Gasteiger partial charge in [0, 0.05) is 0 Å². The fourth-order valence-corrected chi connectivity index (χ4v) is 0. The predicted octanol–water partition coefficient (Wildman–Crippen LogP) is -2.23. The molecule has 0 aromatic heterocycles. The molecule has 5 heavy (non-hydrogen) atoms. The lowest BCUT2D eigenvalue weighted by Gasteiger charge is -1.76.